The highest BCUT2D eigenvalue weighted by Crippen LogP contribution is 2.42. The first kappa shape index (κ1) is 16.4. The number of nitrogens with one attached hydrogen (secondary N) is 1. The van der Waals surface area contributed by atoms with Gasteiger partial charge in [0.1, 0.15) is 0 Å². The lowest BCUT2D eigenvalue weighted by Gasteiger charge is -2.46. The molecule has 0 saturated carbocycles. The molecule has 1 aliphatic rings. The van der Waals surface area contributed by atoms with Crippen molar-refractivity contribution in [1.29, 1.82) is 0 Å². The largest absolute Gasteiger partial charge is 0.360 e. The van der Waals surface area contributed by atoms with Gasteiger partial charge in [0.15, 0.2) is 0 Å². The number of halogens is 1. The fraction of sp³-hybridized carbons (Fsp3) is 0.556. The van der Waals surface area contributed by atoms with Crippen LogP contribution in [0.15, 0.2) is 18.2 Å². The molecular formula is C18H27ClN2. The molecule has 0 amide bonds. The zero-order valence-electron chi connectivity index (χ0n) is 14.0. The summed E-state index contributed by atoms with van der Waals surface area (Å²) in [5.41, 5.74) is 5.08. The van der Waals surface area contributed by atoms with Crippen LogP contribution in [0, 0.1) is 0 Å². The van der Waals surface area contributed by atoms with Crippen molar-refractivity contribution in [3.05, 3.63) is 34.4 Å². The van der Waals surface area contributed by atoms with E-state index in [1.165, 1.54) is 22.4 Å². The Balaban J connectivity index is 2.55. The first-order valence-corrected chi connectivity index (χ1v) is 8.18. The monoisotopic (exact) mass is 306 g/mol. The Morgan fingerprint density at radius 1 is 1.29 bits per heavy atom. The van der Waals surface area contributed by atoms with Gasteiger partial charge in [0, 0.05) is 28.9 Å². The zero-order chi connectivity index (χ0) is 15.8. The zero-order valence-corrected chi connectivity index (χ0v) is 14.8. The van der Waals surface area contributed by atoms with Gasteiger partial charge in [-0.25, -0.2) is 0 Å². The molecule has 0 spiro atoms. The van der Waals surface area contributed by atoms with Crippen LogP contribution in [0.1, 0.15) is 52.7 Å². The van der Waals surface area contributed by atoms with Gasteiger partial charge in [-0.1, -0.05) is 24.6 Å². The van der Waals surface area contributed by atoms with Gasteiger partial charge in [-0.05, 0) is 64.4 Å². The summed E-state index contributed by atoms with van der Waals surface area (Å²) in [5, 5.41) is 4.21. The number of rotatable bonds is 4. The minimum Gasteiger partial charge on any atom is -0.360 e. The third-order valence-corrected chi connectivity index (χ3v) is 4.47. The van der Waals surface area contributed by atoms with E-state index in [1.54, 1.807) is 0 Å². The van der Waals surface area contributed by atoms with Crippen LogP contribution in [-0.2, 0) is 6.54 Å². The second-order valence-corrected chi connectivity index (χ2v) is 7.09. The van der Waals surface area contributed by atoms with Crippen LogP contribution >= 0.6 is 11.6 Å². The first-order valence-electron chi connectivity index (χ1n) is 7.80. The maximum atomic E-state index is 6.52. The van der Waals surface area contributed by atoms with Crippen molar-refractivity contribution in [3.63, 3.8) is 0 Å². The third kappa shape index (κ3) is 3.12. The van der Waals surface area contributed by atoms with Crippen LogP contribution in [0.2, 0.25) is 5.02 Å². The number of fused-ring (bicyclic) bond motifs is 1. The minimum atomic E-state index is 0.0117. The number of nitrogens with zero attached hydrogens (tertiary/aromatic N) is 1. The van der Waals surface area contributed by atoms with Crippen LogP contribution in [-0.4, -0.2) is 18.1 Å². The normalized spacial score (nSPS) is 17.0. The van der Waals surface area contributed by atoms with Gasteiger partial charge in [0.2, 0.25) is 0 Å². The standard InChI is InChI=1S/C18H27ClN2/c1-7-20-11-14-8-15-13(4)10-18(5,6)21(12(2)3)17(15)9-16(14)19/h8-10,12,20H,7,11H2,1-6H3. The number of anilines is 1. The van der Waals surface area contributed by atoms with Crippen molar-refractivity contribution in [3.8, 4) is 0 Å². The van der Waals surface area contributed by atoms with Crippen molar-refractivity contribution in [2.24, 2.45) is 0 Å². The SMILES string of the molecule is CCNCc1cc2c(cc1Cl)N(C(C)C)C(C)(C)C=C2C. The highest BCUT2D eigenvalue weighted by atomic mass is 35.5. The van der Waals surface area contributed by atoms with Crippen LogP contribution < -0.4 is 10.2 Å². The quantitative estimate of drug-likeness (QED) is 0.854. The van der Waals surface area contributed by atoms with E-state index in [0.29, 0.717) is 6.04 Å². The molecule has 0 aliphatic carbocycles. The number of benzene rings is 1. The average Bonchev–Trinajstić information content (AvgIpc) is 2.35. The van der Waals surface area contributed by atoms with Crippen molar-refractivity contribution in [1.82, 2.24) is 5.32 Å². The summed E-state index contributed by atoms with van der Waals surface area (Å²) < 4.78 is 0. The molecule has 21 heavy (non-hydrogen) atoms. The molecule has 1 aromatic rings. The molecule has 1 heterocycles. The van der Waals surface area contributed by atoms with E-state index in [4.69, 9.17) is 11.6 Å². The maximum absolute atomic E-state index is 6.52. The Bertz CT molecular complexity index is 559. The summed E-state index contributed by atoms with van der Waals surface area (Å²) in [6.45, 7) is 15.1. The lowest BCUT2D eigenvalue weighted by molar-refractivity contribution is 0.507. The molecule has 0 unspecified atom stereocenters. The molecule has 2 nitrogen and oxygen atoms in total. The van der Waals surface area contributed by atoms with Crippen molar-refractivity contribution in [2.45, 2.75) is 59.7 Å². The summed E-state index contributed by atoms with van der Waals surface area (Å²) in [5.74, 6) is 0. The van der Waals surface area contributed by atoms with E-state index in [0.717, 1.165) is 18.1 Å². The van der Waals surface area contributed by atoms with Gasteiger partial charge >= 0.3 is 0 Å². The molecule has 0 bridgehead atoms. The van der Waals surface area contributed by atoms with Crippen LogP contribution in [0.3, 0.4) is 0 Å². The fourth-order valence-electron chi connectivity index (χ4n) is 3.45. The van der Waals surface area contributed by atoms with Crippen LogP contribution in [0.4, 0.5) is 5.69 Å². The number of allylic oxidation sites excluding steroid dienone is 1. The second kappa shape index (κ2) is 6.02. The summed E-state index contributed by atoms with van der Waals surface area (Å²) >= 11 is 6.52. The smallest absolute Gasteiger partial charge is 0.0537 e. The third-order valence-electron chi connectivity index (χ3n) is 4.12. The second-order valence-electron chi connectivity index (χ2n) is 6.69. The molecule has 1 N–H and O–H groups in total. The van der Waals surface area contributed by atoms with Crippen molar-refractivity contribution in [2.75, 3.05) is 11.4 Å². The molecule has 3 heteroatoms. The molecule has 0 radical (unpaired) electrons. The molecule has 0 aromatic heterocycles. The maximum Gasteiger partial charge on any atom is 0.0537 e. The van der Waals surface area contributed by atoms with Crippen LogP contribution in [0.25, 0.3) is 5.57 Å². The molecule has 1 aliphatic heterocycles. The van der Waals surface area contributed by atoms with E-state index < -0.39 is 0 Å². The lowest BCUT2D eigenvalue weighted by atomic mass is 9.87. The summed E-state index contributed by atoms with van der Waals surface area (Å²) in [4.78, 5) is 2.46. The summed E-state index contributed by atoms with van der Waals surface area (Å²) in [7, 11) is 0. The molecular weight excluding hydrogens is 280 g/mol. The Morgan fingerprint density at radius 3 is 2.52 bits per heavy atom. The number of hydrogen-bond acceptors (Lipinski definition) is 2. The van der Waals surface area contributed by atoms with Gasteiger partial charge < -0.3 is 10.2 Å². The Hall–Kier alpha value is -0.990. The highest BCUT2D eigenvalue weighted by Gasteiger charge is 2.33. The predicted octanol–water partition coefficient (Wildman–Crippen LogP) is 4.86. The topological polar surface area (TPSA) is 15.3 Å². The van der Waals surface area contributed by atoms with Gasteiger partial charge in [-0.2, -0.15) is 0 Å². The minimum absolute atomic E-state index is 0.0117. The Labute approximate surface area is 134 Å². The van der Waals surface area contributed by atoms with Crippen molar-refractivity contribution >= 4 is 22.9 Å². The molecule has 2 rings (SSSR count). The summed E-state index contributed by atoms with van der Waals surface area (Å²) in [6.07, 6.45) is 2.36. The van der Waals surface area contributed by atoms with Crippen molar-refractivity contribution < 1.29 is 0 Å². The Morgan fingerprint density at radius 2 is 1.95 bits per heavy atom. The lowest BCUT2D eigenvalue weighted by Crippen LogP contribution is -2.49. The first-order chi connectivity index (χ1) is 9.77. The van der Waals surface area contributed by atoms with E-state index in [-0.39, 0.29) is 5.54 Å². The van der Waals surface area contributed by atoms with E-state index in [9.17, 15) is 0 Å². The molecule has 0 fully saturated rings. The van der Waals surface area contributed by atoms with E-state index >= 15 is 0 Å². The average molecular weight is 307 g/mol. The molecule has 0 atom stereocenters. The van der Waals surface area contributed by atoms with Gasteiger partial charge in [0.05, 0.1) is 5.54 Å². The number of hydrogen-bond donors (Lipinski definition) is 1. The molecule has 116 valence electrons. The molecule has 1 aromatic carbocycles. The Kier molecular flexibility index (Phi) is 4.69. The predicted molar refractivity (Wildman–Crippen MR) is 94.2 cm³/mol. The van der Waals surface area contributed by atoms with Gasteiger partial charge in [-0.3, -0.25) is 0 Å². The van der Waals surface area contributed by atoms with E-state index in [2.05, 4.69) is 70.0 Å². The van der Waals surface area contributed by atoms with Crippen LogP contribution in [0.5, 0.6) is 0 Å². The van der Waals surface area contributed by atoms with E-state index in [1.807, 2.05) is 0 Å². The molecule has 0 saturated heterocycles. The van der Waals surface area contributed by atoms with Gasteiger partial charge in [0.25, 0.3) is 0 Å². The summed E-state index contributed by atoms with van der Waals surface area (Å²) in [6, 6.07) is 4.82. The highest BCUT2D eigenvalue weighted by molar-refractivity contribution is 6.31. The van der Waals surface area contributed by atoms with Gasteiger partial charge in [-0.15, -0.1) is 0 Å². The fourth-order valence-corrected chi connectivity index (χ4v) is 3.67.